The third-order valence-electron chi connectivity index (χ3n) is 6.06. The maximum Gasteiger partial charge on any atom is 0.387 e. The minimum Gasteiger partial charge on any atom is -0.435 e. The topological polar surface area (TPSA) is 98.4 Å². The van der Waals surface area contributed by atoms with Gasteiger partial charge in [0.25, 0.3) is 0 Å². The Hall–Kier alpha value is -3.30. The van der Waals surface area contributed by atoms with Crippen LogP contribution in [0.4, 0.5) is 14.5 Å². The standard InChI is InChI=1S/C27H25F2N5O4S2.BrH/c1-19(21-3-2-12-30-17-21)32-34-25(20-4-8-23(9-5-20)38-26(28)29)18-39-27(34)31-22-6-10-24(11-7-22)40(35,36)33-13-15-37-16-14-33;/h2-12,17-18,26H,13-16H2,1H3;1H/b31-27?,32-19+;. The summed E-state index contributed by atoms with van der Waals surface area (Å²) in [6.45, 7) is 0.304. The molecule has 216 valence electrons. The Morgan fingerprint density at radius 2 is 1.78 bits per heavy atom. The number of halogens is 3. The fourth-order valence-corrected chi connectivity index (χ4v) is 6.26. The van der Waals surface area contributed by atoms with Crippen molar-refractivity contribution in [2.45, 2.75) is 18.4 Å². The largest absolute Gasteiger partial charge is 0.435 e. The lowest BCUT2D eigenvalue weighted by atomic mass is 10.2. The number of alkyl halides is 2. The van der Waals surface area contributed by atoms with Crippen LogP contribution in [0.15, 0.2) is 93.4 Å². The average Bonchev–Trinajstić information content (AvgIpc) is 3.36. The molecule has 0 saturated carbocycles. The van der Waals surface area contributed by atoms with Gasteiger partial charge >= 0.3 is 6.61 Å². The second kappa shape index (κ2) is 13.6. The summed E-state index contributed by atoms with van der Waals surface area (Å²) in [7, 11) is -3.63. The molecule has 0 amide bonds. The van der Waals surface area contributed by atoms with Crippen LogP contribution in [0.25, 0.3) is 11.3 Å². The molecule has 1 aliphatic rings. The summed E-state index contributed by atoms with van der Waals surface area (Å²) in [5.74, 6) is 0.0487. The number of pyridine rings is 1. The highest BCUT2D eigenvalue weighted by atomic mass is 79.9. The van der Waals surface area contributed by atoms with Crippen LogP contribution in [0.5, 0.6) is 5.75 Å². The summed E-state index contributed by atoms with van der Waals surface area (Å²) < 4.78 is 64.0. The highest BCUT2D eigenvalue weighted by molar-refractivity contribution is 8.93. The van der Waals surface area contributed by atoms with Gasteiger partial charge in [-0.3, -0.25) is 4.98 Å². The maximum absolute atomic E-state index is 13.0. The number of morpholine rings is 1. The molecule has 2 aromatic heterocycles. The summed E-state index contributed by atoms with van der Waals surface area (Å²) in [5.41, 5.74) is 3.43. The molecule has 0 N–H and O–H groups in total. The Bertz CT molecular complexity index is 1650. The number of hydrogen-bond acceptors (Lipinski definition) is 8. The molecule has 1 aliphatic heterocycles. The lowest BCUT2D eigenvalue weighted by Crippen LogP contribution is -2.40. The molecule has 1 fully saturated rings. The van der Waals surface area contributed by atoms with Crippen LogP contribution in [0.3, 0.4) is 0 Å². The Kier molecular flexibility index (Phi) is 10.1. The van der Waals surface area contributed by atoms with Gasteiger partial charge in [0.15, 0.2) is 0 Å². The molecule has 0 spiro atoms. The van der Waals surface area contributed by atoms with Crippen molar-refractivity contribution in [1.29, 1.82) is 0 Å². The van der Waals surface area contributed by atoms with Crippen LogP contribution in [-0.2, 0) is 14.8 Å². The number of sulfonamides is 1. The van der Waals surface area contributed by atoms with Crippen molar-refractivity contribution < 1.29 is 26.7 Å². The van der Waals surface area contributed by atoms with Gasteiger partial charge in [-0.15, -0.1) is 28.3 Å². The van der Waals surface area contributed by atoms with Crippen molar-refractivity contribution in [2.75, 3.05) is 26.3 Å². The van der Waals surface area contributed by atoms with Crippen molar-refractivity contribution in [3.8, 4) is 17.0 Å². The van der Waals surface area contributed by atoms with E-state index in [0.717, 1.165) is 5.56 Å². The molecule has 0 atom stereocenters. The molecule has 9 nitrogen and oxygen atoms in total. The first-order valence-electron chi connectivity index (χ1n) is 12.3. The molecule has 0 unspecified atom stereocenters. The van der Waals surface area contributed by atoms with Crippen molar-refractivity contribution in [1.82, 2.24) is 14.0 Å². The van der Waals surface area contributed by atoms with Crippen LogP contribution in [0, 0.1) is 0 Å². The van der Waals surface area contributed by atoms with E-state index in [4.69, 9.17) is 14.8 Å². The van der Waals surface area contributed by atoms with Gasteiger partial charge in [0.2, 0.25) is 14.8 Å². The first-order chi connectivity index (χ1) is 19.3. The molecular weight excluding hydrogens is 640 g/mol. The molecule has 0 bridgehead atoms. The SMILES string of the molecule is Br.C/C(=N\n1c(-c2ccc(OC(F)F)cc2)csc1=Nc1ccc(S(=O)(=O)N2CCOCC2)cc1)c1cccnc1. The van der Waals surface area contributed by atoms with Crippen LogP contribution in [-0.4, -0.2) is 61.0 Å². The second-order valence-electron chi connectivity index (χ2n) is 8.67. The van der Waals surface area contributed by atoms with E-state index in [2.05, 4.69) is 9.72 Å². The van der Waals surface area contributed by atoms with E-state index >= 15 is 0 Å². The highest BCUT2D eigenvalue weighted by Gasteiger charge is 2.26. The second-order valence-corrected chi connectivity index (χ2v) is 11.4. The van der Waals surface area contributed by atoms with Gasteiger partial charge in [-0.2, -0.15) is 18.2 Å². The number of thiazole rings is 1. The van der Waals surface area contributed by atoms with E-state index in [-0.39, 0.29) is 27.6 Å². The first kappa shape index (κ1) is 30.7. The lowest BCUT2D eigenvalue weighted by Gasteiger charge is -2.26. The zero-order valence-corrected chi connectivity index (χ0v) is 25.1. The number of aromatic nitrogens is 2. The van der Waals surface area contributed by atoms with Crippen LogP contribution >= 0.6 is 28.3 Å². The van der Waals surface area contributed by atoms with Gasteiger partial charge in [-0.05, 0) is 61.5 Å². The molecule has 1 saturated heterocycles. The van der Waals surface area contributed by atoms with E-state index in [9.17, 15) is 17.2 Å². The smallest absolute Gasteiger partial charge is 0.387 e. The van der Waals surface area contributed by atoms with Gasteiger partial charge in [-0.25, -0.2) is 18.1 Å². The molecular formula is C27H26BrF2N5O4S2. The van der Waals surface area contributed by atoms with Crippen LogP contribution in [0.2, 0.25) is 0 Å². The minimum atomic E-state index is -3.63. The number of benzene rings is 2. The van der Waals surface area contributed by atoms with E-state index in [1.807, 2.05) is 24.4 Å². The van der Waals surface area contributed by atoms with Gasteiger partial charge in [0.05, 0.1) is 35.2 Å². The molecule has 0 aliphatic carbocycles. The quantitative estimate of drug-likeness (QED) is 0.238. The van der Waals surface area contributed by atoms with E-state index in [1.54, 1.807) is 41.3 Å². The van der Waals surface area contributed by atoms with Crippen LogP contribution in [0.1, 0.15) is 12.5 Å². The van der Waals surface area contributed by atoms with E-state index in [1.165, 1.54) is 39.9 Å². The Morgan fingerprint density at radius 3 is 2.41 bits per heavy atom. The summed E-state index contributed by atoms with van der Waals surface area (Å²) in [5, 5.41) is 6.66. The van der Waals surface area contributed by atoms with Crippen LogP contribution < -0.4 is 9.54 Å². The predicted molar refractivity (Wildman–Crippen MR) is 158 cm³/mol. The maximum atomic E-state index is 13.0. The molecule has 41 heavy (non-hydrogen) atoms. The monoisotopic (exact) mass is 665 g/mol. The molecule has 0 radical (unpaired) electrons. The van der Waals surface area contributed by atoms with Crippen molar-refractivity contribution in [2.24, 2.45) is 10.1 Å². The summed E-state index contributed by atoms with van der Waals surface area (Å²) >= 11 is 1.33. The molecule has 4 aromatic rings. The zero-order chi connectivity index (χ0) is 28.1. The van der Waals surface area contributed by atoms with Gasteiger partial charge in [-0.1, -0.05) is 6.07 Å². The Morgan fingerprint density at radius 1 is 1.07 bits per heavy atom. The predicted octanol–water partition coefficient (Wildman–Crippen LogP) is 5.32. The molecule has 3 heterocycles. The summed E-state index contributed by atoms with van der Waals surface area (Å²) in [4.78, 5) is 9.60. The molecule has 2 aromatic carbocycles. The molecule has 14 heteroatoms. The normalized spacial score (nSPS) is 15.1. The van der Waals surface area contributed by atoms with E-state index in [0.29, 0.717) is 53.8 Å². The van der Waals surface area contributed by atoms with Gasteiger partial charge in [0, 0.05) is 42.0 Å². The summed E-state index contributed by atoms with van der Waals surface area (Å²) in [6, 6.07) is 16.3. The highest BCUT2D eigenvalue weighted by Crippen LogP contribution is 2.25. The lowest BCUT2D eigenvalue weighted by molar-refractivity contribution is -0.0498. The summed E-state index contributed by atoms with van der Waals surface area (Å²) in [6.07, 6.45) is 3.37. The minimum absolute atomic E-state index is 0. The fraction of sp³-hybridized carbons (Fsp3) is 0.222. The number of rotatable bonds is 8. The van der Waals surface area contributed by atoms with Crippen molar-refractivity contribution in [3.05, 3.63) is 88.8 Å². The zero-order valence-electron chi connectivity index (χ0n) is 21.8. The Balaban J connectivity index is 0.00000387. The van der Waals surface area contributed by atoms with Crippen molar-refractivity contribution >= 4 is 49.7 Å². The van der Waals surface area contributed by atoms with Gasteiger partial charge < -0.3 is 9.47 Å². The number of hydrogen-bond donors (Lipinski definition) is 0. The van der Waals surface area contributed by atoms with E-state index < -0.39 is 16.6 Å². The Labute approximate surface area is 250 Å². The third-order valence-corrected chi connectivity index (χ3v) is 8.79. The van der Waals surface area contributed by atoms with Crippen molar-refractivity contribution in [3.63, 3.8) is 0 Å². The number of nitrogens with zero attached hydrogens (tertiary/aromatic N) is 5. The van der Waals surface area contributed by atoms with Gasteiger partial charge in [0.1, 0.15) is 5.75 Å². The third kappa shape index (κ3) is 7.32. The number of ether oxygens (including phenoxy) is 2. The first-order valence-corrected chi connectivity index (χ1v) is 14.6. The average molecular weight is 667 g/mol. The fourth-order valence-electron chi connectivity index (χ4n) is 4.00. The molecule has 5 rings (SSSR count).